The monoisotopic (exact) mass is 532 g/mol. The zero-order valence-corrected chi connectivity index (χ0v) is 21.7. The molecule has 1 aliphatic rings. The van der Waals surface area contributed by atoms with Gasteiger partial charge in [0.1, 0.15) is 17.7 Å². The van der Waals surface area contributed by atoms with Gasteiger partial charge in [-0.1, -0.05) is 5.92 Å². The minimum atomic E-state index is -0.580. The van der Waals surface area contributed by atoms with Gasteiger partial charge in [-0.05, 0) is 36.4 Å². The molecule has 1 fully saturated rings. The van der Waals surface area contributed by atoms with Crippen LogP contribution in [0.1, 0.15) is 27.0 Å². The molecule has 4 heterocycles. The van der Waals surface area contributed by atoms with Gasteiger partial charge < -0.3 is 20.5 Å². The van der Waals surface area contributed by atoms with Crippen LogP contribution in [0.2, 0.25) is 0 Å². The fourth-order valence-electron chi connectivity index (χ4n) is 4.76. The van der Waals surface area contributed by atoms with Crippen molar-refractivity contribution in [2.24, 2.45) is 0 Å². The van der Waals surface area contributed by atoms with Crippen molar-refractivity contribution >= 4 is 29.0 Å². The highest BCUT2D eigenvalue weighted by Gasteiger charge is 2.24. The van der Waals surface area contributed by atoms with Gasteiger partial charge in [-0.15, -0.1) is 6.42 Å². The summed E-state index contributed by atoms with van der Waals surface area (Å²) in [7, 11) is 1.76. The van der Waals surface area contributed by atoms with Gasteiger partial charge in [0.25, 0.3) is 5.91 Å². The van der Waals surface area contributed by atoms with Crippen LogP contribution in [0.15, 0.2) is 61.2 Å². The highest BCUT2D eigenvalue weighted by Crippen LogP contribution is 2.31. The first-order valence-electron chi connectivity index (χ1n) is 12.5. The number of aromatic nitrogens is 3. The molecule has 1 saturated heterocycles. The number of terminal acetylenes is 1. The molecule has 198 valence electrons. The van der Waals surface area contributed by atoms with Crippen molar-refractivity contribution in [1.29, 1.82) is 10.7 Å². The van der Waals surface area contributed by atoms with E-state index in [4.69, 9.17) is 11.8 Å². The summed E-state index contributed by atoms with van der Waals surface area (Å²) in [6.07, 6.45) is 13.3. The smallest absolute Gasteiger partial charge is 0.254 e. The Bertz CT molecular complexity index is 1720. The average Bonchev–Trinajstić information content (AvgIpc) is 3.42. The molecule has 1 aliphatic heterocycles. The third kappa shape index (κ3) is 4.86. The number of nitrogens with zero attached hydrogens (tertiary/aromatic N) is 6. The maximum atomic E-state index is 14.1. The number of fused-ring (bicyclic) bond motifs is 1. The predicted octanol–water partition coefficient (Wildman–Crippen LogP) is 3.56. The number of amides is 1. The third-order valence-electron chi connectivity index (χ3n) is 6.84. The van der Waals surface area contributed by atoms with Crippen molar-refractivity contribution in [1.82, 2.24) is 24.8 Å². The first-order valence-corrected chi connectivity index (χ1v) is 12.5. The number of rotatable bonds is 6. The number of hydrogen-bond donors (Lipinski definition) is 2. The van der Waals surface area contributed by atoms with Crippen molar-refractivity contribution in [3.63, 3.8) is 0 Å². The first kappa shape index (κ1) is 26.1. The highest BCUT2D eigenvalue weighted by molar-refractivity contribution is 6.09. The molecule has 1 amide bonds. The Labute approximate surface area is 230 Å². The van der Waals surface area contributed by atoms with Crippen LogP contribution in [0.5, 0.6) is 0 Å². The van der Waals surface area contributed by atoms with Crippen molar-refractivity contribution in [3.05, 3.63) is 89.3 Å². The van der Waals surface area contributed by atoms with Crippen molar-refractivity contribution in [2.75, 3.05) is 38.1 Å². The SMILES string of the molecule is C#Cc1ccc(C(=O)N2CCN(c3ccc(-c4cc(/C(C=N)=C/NC)cn5ncc(C#N)c45)cn3)CC2)cc1F. The summed E-state index contributed by atoms with van der Waals surface area (Å²) in [5.41, 5.74) is 4.49. The van der Waals surface area contributed by atoms with E-state index < -0.39 is 5.82 Å². The second kappa shape index (κ2) is 11.1. The van der Waals surface area contributed by atoms with Crippen LogP contribution in [-0.4, -0.2) is 64.8 Å². The summed E-state index contributed by atoms with van der Waals surface area (Å²) >= 11 is 0. The molecule has 5 rings (SSSR count). The lowest BCUT2D eigenvalue weighted by Crippen LogP contribution is -2.49. The molecule has 3 aromatic heterocycles. The molecule has 0 saturated carbocycles. The molecule has 2 N–H and O–H groups in total. The van der Waals surface area contributed by atoms with Gasteiger partial charge in [-0.3, -0.25) is 4.79 Å². The lowest BCUT2D eigenvalue weighted by Gasteiger charge is -2.35. The molecular formula is C30H25FN8O. The second-order valence-electron chi connectivity index (χ2n) is 9.16. The number of pyridine rings is 2. The zero-order chi connectivity index (χ0) is 28.2. The predicted molar refractivity (Wildman–Crippen MR) is 151 cm³/mol. The zero-order valence-electron chi connectivity index (χ0n) is 21.7. The maximum absolute atomic E-state index is 14.1. The van der Waals surface area contributed by atoms with E-state index >= 15 is 0 Å². The first-order chi connectivity index (χ1) is 19.5. The number of allylic oxidation sites excluding steroid dienone is 1. The van der Waals surface area contributed by atoms with Crippen molar-refractivity contribution < 1.29 is 9.18 Å². The number of hydrogen-bond acceptors (Lipinski definition) is 7. The van der Waals surface area contributed by atoms with Crippen molar-refractivity contribution in [2.45, 2.75) is 0 Å². The highest BCUT2D eigenvalue weighted by atomic mass is 19.1. The van der Waals surface area contributed by atoms with Gasteiger partial charge in [0.2, 0.25) is 0 Å². The summed E-state index contributed by atoms with van der Waals surface area (Å²) in [5, 5.41) is 24.7. The van der Waals surface area contributed by atoms with Crippen LogP contribution in [0.4, 0.5) is 10.2 Å². The van der Waals surface area contributed by atoms with E-state index in [0.717, 1.165) is 22.5 Å². The van der Waals surface area contributed by atoms with Gasteiger partial charge in [-0.25, -0.2) is 13.9 Å². The summed E-state index contributed by atoms with van der Waals surface area (Å²) in [6.45, 7) is 2.08. The number of carbonyl (C=O) groups excluding carboxylic acids is 1. The quantitative estimate of drug-likeness (QED) is 0.290. The van der Waals surface area contributed by atoms with E-state index in [0.29, 0.717) is 42.8 Å². The Kier molecular flexibility index (Phi) is 7.25. The number of halogens is 1. The standard InChI is InChI=1S/C30H25FN8O/c1-3-20-4-5-21(13-27(20)31)30(40)38-10-8-37(9-11-38)28-7-6-22(17-35-28)26-12-23(24(14-32)16-34-2)19-39-29(26)25(15-33)18-36-39/h1,4-7,12-14,16-19,32,34H,8-11H2,2H3/b24-16+,32-14?. The Balaban J connectivity index is 1.36. The van der Waals surface area contributed by atoms with E-state index in [-0.39, 0.29) is 17.0 Å². The van der Waals surface area contributed by atoms with E-state index in [2.05, 4.69) is 32.3 Å². The molecule has 0 radical (unpaired) electrons. The number of piperazine rings is 1. The van der Waals surface area contributed by atoms with Crippen LogP contribution in [0.25, 0.3) is 22.2 Å². The Morgan fingerprint density at radius 3 is 2.55 bits per heavy atom. The number of anilines is 1. The summed E-state index contributed by atoms with van der Waals surface area (Å²) < 4.78 is 15.7. The van der Waals surface area contributed by atoms with E-state index in [1.165, 1.54) is 24.5 Å². The van der Waals surface area contributed by atoms with Crippen molar-refractivity contribution in [3.8, 4) is 29.5 Å². The van der Waals surface area contributed by atoms with Gasteiger partial charge >= 0.3 is 0 Å². The summed E-state index contributed by atoms with van der Waals surface area (Å²) in [4.78, 5) is 21.4. The molecule has 40 heavy (non-hydrogen) atoms. The molecular weight excluding hydrogens is 507 g/mol. The molecule has 0 aliphatic carbocycles. The van der Waals surface area contributed by atoms with Gasteiger partial charge in [-0.2, -0.15) is 10.4 Å². The molecule has 0 spiro atoms. The van der Waals surface area contributed by atoms with E-state index in [1.54, 1.807) is 41.1 Å². The number of nitrogens with one attached hydrogen (secondary N) is 2. The molecule has 0 atom stereocenters. The molecule has 10 heteroatoms. The lowest BCUT2D eigenvalue weighted by atomic mass is 10.0. The van der Waals surface area contributed by atoms with Gasteiger partial charge in [0.15, 0.2) is 0 Å². The fraction of sp³-hybridized carbons (Fsp3) is 0.167. The number of benzene rings is 1. The normalized spacial score (nSPS) is 13.6. The van der Waals surface area contributed by atoms with Crippen LogP contribution in [0.3, 0.4) is 0 Å². The number of nitriles is 1. The Morgan fingerprint density at radius 1 is 1.12 bits per heavy atom. The van der Waals surface area contributed by atoms with Crippen LogP contribution in [0, 0.1) is 34.9 Å². The topological polar surface area (TPSA) is 113 Å². The molecule has 4 aromatic rings. The van der Waals surface area contributed by atoms with Gasteiger partial charge in [0, 0.05) is 85.9 Å². The van der Waals surface area contributed by atoms with Crippen LogP contribution in [-0.2, 0) is 0 Å². The molecule has 1 aromatic carbocycles. The third-order valence-corrected chi connectivity index (χ3v) is 6.84. The van der Waals surface area contributed by atoms with E-state index in [9.17, 15) is 14.4 Å². The Hall–Kier alpha value is -5.48. The van der Waals surface area contributed by atoms with Crippen LogP contribution >= 0.6 is 0 Å². The molecule has 0 bridgehead atoms. The van der Waals surface area contributed by atoms with Crippen LogP contribution < -0.4 is 10.2 Å². The number of carbonyl (C=O) groups is 1. The minimum Gasteiger partial charge on any atom is -0.393 e. The minimum absolute atomic E-state index is 0.130. The Morgan fingerprint density at radius 2 is 1.93 bits per heavy atom. The second-order valence-corrected chi connectivity index (χ2v) is 9.16. The van der Waals surface area contributed by atoms with Gasteiger partial charge in [0.05, 0.1) is 22.8 Å². The largest absolute Gasteiger partial charge is 0.393 e. The lowest BCUT2D eigenvalue weighted by molar-refractivity contribution is 0.0746. The molecule has 0 unspecified atom stereocenters. The summed E-state index contributed by atoms with van der Waals surface area (Å²) in [5.74, 6) is 2.21. The maximum Gasteiger partial charge on any atom is 0.254 e. The fourth-order valence-corrected chi connectivity index (χ4v) is 4.76. The van der Waals surface area contributed by atoms with E-state index in [1.807, 2.05) is 18.2 Å². The average molecular weight is 533 g/mol. The molecule has 9 nitrogen and oxygen atoms in total. The summed E-state index contributed by atoms with van der Waals surface area (Å²) in [6, 6.07) is 12.2.